The van der Waals surface area contributed by atoms with Crippen molar-refractivity contribution in [2.75, 3.05) is 26.7 Å². The number of ether oxygens (including phenoxy) is 2. The van der Waals surface area contributed by atoms with Crippen molar-refractivity contribution in [1.29, 1.82) is 0 Å². The van der Waals surface area contributed by atoms with E-state index in [1.165, 1.54) is 5.52 Å². The number of aliphatic hydroxyl groups is 2. The van der Waals surface area contributed by atoms with Gasteiger partial charge in [0.2, 0.25) is 0 Å². The predicted octanol–water partition coefficient (Wildman–Crippen LogP) is 4.05. The summed E-state index contributed by atoms with van der Waals surface area (Å²) in [6.45, 7) is 5.26. The number of methoxy groups -OCH3 is 1. The number of piperidine rings is 1. The van der Waals surface area contributed by atoms with Crippen LogP contribution in [0.1, 0.15) is 49.5 Å². The molecule has 2 aliphatic heterocycles. The number of para-hydroxylation sites is 1. The third-order valence-corrected chi connectivity index (χ3v) is 7.19. The second kappa shape index (κ2) is 8.43. The fourth-order valence-electron chi connectivity index (χ4n) is 5.34. The summed E-state index contributed by atoms with van der Waals surface area (Å²) in [5, 5.41) is 22.9. The minimum atomic E-state index is -0.537. The van der Waals surface area contributed by atoms with Crippen molar-refractivity contribution in [3.63, 3.8) is 0 Å². The lowest BCUT2D eigenvalue weighted by Gasteiger charge is -2.46. The van der Waals surface area contributed by atoms with Crippen LogP contribution in [0.25, 0.3) is 10.9 Å². The van der Waals surface area contributed by atoms with Gasteiger partial charge in [-0.05, 0) is 38.0 Å². The summed E-state index contributed by atoms with van der Waals surface area (Å²) in [7, 11) is 1.64. The number of aliphatic hydroxyl groups excluding tert-OH is 2. The molecule has 3 heterocycles. The van der Waals surface area contributed by atoms with Gasteiger partial charge in [0.25, 0.3) is 0 Å². The first-order valence-electron chi connectivity index (χ1n) is 11.5. The van der Waals surface area contributed by atoms with Crippen molar-refractivity contribution in [2.24, 2.45) is 0 Å². The number of benzene rings is 2. The lowest BCUT2D eigenvalue weighted by atomic mass is 9.81. The van der Waals surface area contributed by atoms with E-state index in [0.717, 1.165) is 60.5 Å². The van der Waals surface area contributed by atoms with Crippen LogP contribution in [0.5, 0.6) is 11.5 Å². The van der Waals surface area contributed by atoms with E-state index in [1.807, 2.05) is 30.3 Å². The summed E-state index contributed by atoms with van der Waals surface area (Å²) in [6.07, 6.45) is 3.28. The normalized spacial score (nSPS) is 21.3. The molecule has 2 aromatic carbocycles. The molecule has 0 bridgehead atoms. The third kappa shape index (κ3) is 3.76. The van der Waals surface area contributed by atoms with E-state index in [1.54, 1.807) is 7.11 Å². The molecule has 1 aromatic heterocycles. The molecule has 1 spiro atoms. The number of hydrogen-bond donors (Lipinski definition) is 2. The van der Waals surface area contributed by atoms with Gasteiger partial charge in [0, 0.05) is 66.9 Å². The van der Waals surface area contributed by atoms with Gasteiger partial charge in [-0.25, -0.2) is 0 Å². The van der Waals surface area contributed by atoms with Gasteiger partial charge >= 0.3 is 0 Å². The quantitative estimate of drug-likeness (QED) is 0.632. The van der Waals surface area contributed by atoms with E-state index in [2.05, 4.69) is 34.7 Å². The smallest absolute Gasteiger partial charge is 0.129 e. The molecule has 1 fully saturated rings. The molecule has 2 N–H and O–H groups in total. The molecule has 1 saturated heterocycles. The van der Waals surface area contributed by atoms with Gasteiger partial charge in [0.1, 0.15) is 17.1 Å². The molecule has 0 radical (unpaired) electrons. The highest BCUT2D eigenvalue weighted by Gasteiger charge is 2.43. The fraction of sp³-hybridized carbons (Fsp3) is 0.462. The SMILES string of the molecule is CCn1cc([C@H](O)CN2CCC3(CC2)C[C@@H](O)c2ccc(OC)cc2O3)c2ccccc21. The molecule has 6 heteroatoms. The van der Waals surface area contributed by atoms with Gasteiger partial charge < -0.3 is 29.2 Å². The molecule has 32 heavy (non-hydrogen) atoms. The van der Waals surface area contributed by atoms with Crippen LogP contribution >= 0.6 is 0 Å². The Kier molecular flexibility index (Phi) is 5.61. The lowest BCUT2D eigenvalue weighted by molar-refractivity contribution is -0.0588. The van der Waals surface area contributed by atoms with Crippen molar-refractivity contribution in [1.82, 2.24) is 9.47 Å². The Labute approximate surface area is 189 Å². The minimum Gasteiger partial charge on any atom is -0.497 e. The minimum absolute atomic E-state index is 0.363. The van der Waals surface area contributed by atoms with Crippen LogP contribution in [-0.4, -0.2) is 52.0 Å². The van der Waals surface area contributed by atoms with Crippen LogP contribution in [0.3, 0.4) is 0 Å². The zero-order valence-corrected chi connectivity index (χ0v) is 18.8. The maximum absolute atomic E-state index is 11.1. The maximum Gasteiger partial charge on any atom is 0.129 e. The Morgan fingerprint density at radius 2 is 1.97 bits per heavy atom. The first-order valence-corrected chi connectivity index (χ1v) is 11.5. The van der Waals surface area contributed by atoms with E-state index in [0.29, 0.717) is 13.0 Å². The van der Waals surface area contributed by atoms with Crippen molar-refractivity contribution in [3.05, 3.63) is 59.8 Å². The topological polar surface area (TPSA) is 67.1 Å². The fourth-order valence-corrected chi connectivity index (χ4v) is 5.34. The number of aromatic nitrogens is 1. The van der Waals surface area contributed by atoms with Gasteiger partial charge in [-0.1, -0.05) is 18.2 Å². The van der Waals surface area contributed by atoms with Gasteiger partial charge in [-0.3, -0.25) is 0 Å². The second-order valence-electron chi connectivity index (χ2n) is 9.11. The van der Waals surface area contributed by atoms with E-state index in [-0.39, 0.29) is 5.60 Å². The molecule has 6 nitrogen and oxygen atoms in total. The monoisotopic (exact) mass is 436 g/mol. The van der Waals surface area contributed by atoms with E-state index in [4.69, 9.17) is 9.47 Å². The summed E-state index contributed by atoms with van der Waals surface area (Å²) < 4.78 is 14.0. The Morgan fingerprint density at radius 3 is 2.72 bits per heavy atom. The number of likely N-dealkylation sites (tertiary alicyclic amines) is 1. The van der Waals surface area contributed by atoms with Gasteiger partial charge in [0.05, 0.1) is 19.3 Å². The average Bonchev–Trinajstić information content (AvgIpc) is 3.19. The van der Waals surface area contributed by atoms with Crippen LogP contribution in [0.4, 0.5) is 0 Å². The van der Waals surface area contributed by atoms with Gasteiger partial charge in [-0.15, -0.1) is 0 Å². The van der Waals surface area contributed by atoms with E-state index >= 15 is 0 Å². The molecule has 0 amide bonds. The number of nitrogens with zero attached hydrogens (tertiary/aromatic N) is 2. The molecular formula is C26H32N2O4. The Balaban J connectivity index is 1.27. The standard InChI is InChI=1S/C26H32N2O4/c1-3-28-16-21(19-6-4-5-7-22(19)28)24(30)17-27-12-10-26(11-13-27)15-23(29)20-9-8-18(31-2)14-25(20)32-26/h4-9,14,16,23-24,29-30H,3,10-13,15,17H2,1-2H3/t23-,24-/m1/s1. The molecule has 0 unspecified atom stereocenters. The Bertz CT molecular complexity index is 1100. The van der Waals surface area contributed by atoms with E-state index in [9.17, 15) is 10.2 Å². The zero-order chi connectivity index (χ0) is 22.3. The predicted molar refractivity (Wildman–Crippen MR) is 124 cm³/mol. The van der Waals surface area contributed by atoms with Crippen LogP contribution in [0, 0.1) is 0 Å². The summed E-state index contributed by atoms with van der Waals surface area (Å²) >= 11 is 0. The van der Waals surface area contributed by atoms with Crippen LogP contribution in [0.15, 0.2) is 48.7 Å². The van der Waals surface area contributed by atoms with Crippen molar-refractivity contribution < 1.29 is 19.7 Å². The van der Waals surface area contributed by atoms with Crippen molar-refractivity contribution in [2.45, 2.75) is 50.5 Å². The van der Waals surface area contributed by atoms with Gasteiger partial charge in [0.15, 0.2) is 0 Å². The Hall–Kier alpha value is -2.54. The molecule has 2 aliphatic rings. The number of rotatable bonds is 5. The summed E-state index contributed by atoms with van der Waals surface area (Å²) in [5.74, 6) is 1.46. The molecule has 0 aliphatic carbocycles. The van der Waals surface area contributed by atoms with Crippen molar-refractivity contribution >= 4 is 10.9 Å². The molecule has 0 saturated carbocycles. The lowest BCUT2D eigenvalue weighted by Crippen LogP contribution is -2.51. The third-order valence-electron chi connectivity index (χ3n) is 7.19. The molecular weight excluding hydrogens is 404 g/mol. The number of hydrogen-bond acceptors (Lipinski definition) is 5. The largest absolute Gasteiger partial charge is 0.497 e. The van der Waals surface area contributed by atoms with Crippen LogP contribution in [-0.2, 0) is 6.54 Å². The second-order valence-corrected chi connectivity index (χ2v) is 9.11. The molecule has 170 valence electrons. The highest BCUT2D eigenvalue weighted by Crippen LogP contribution is 2.45. The average molecular weight is 437 g/mol. The maximum atomic E-state index is 11.1. The summed E-state index contributed by atoms with van der Waals surface area (Å²) in [6, 6.07) is 13.9. The zero-order valence-electron chi connectivity index (χ0n) is 18.8. The summed E-state index contributed by atoms with van der Waals surface area (Å²) in [4.78, 5) is 2.31. The number of β-amino-alcohol motifs (C(OH)–C–C–N with tert-alkyl or cyclic N) is 1. The van der Waals surface area contributed by atoms with Crippen LogP contribution < -0.4 is 9.47 Å². The highest BCUT2D eigenvalue weighted by molar-refractivity contribution is 5.84. The molecule has 5 rings (SSSR count). The van der Waals surface area contributed by atoms with Crippen molar-refractivity contribution in [3.8, 4) is 11.5 Å². The van der Waals surface area contributed by atoms with Gasteiger partial charge in [-0.2, -0.15) is 0 Å². The van der Waals surface area contributed by atoms with Crippen LogP contribution in [0.2, 0.25) is 0 Å². The Morgan fingerprint density at radius 1 is 1.19 bits per heavy atom. The first kappa shape index (κ1) is 21.3. The molecule has 3 aromatic rings. The first-order chi connectivity index (χ1) is 15.5. The van der Waals surface area contributed by atoms with E-state index < -0.39 is 12.2 Å². The highest BCUT2D eigenvalue weighted by atomic mass is 16.5. The summed E-state index contributed by atoms with van der Waals surface area (Å²) in [5.41, 5.74) is 2.63. The number of aryl methyl sites for hydroxylation is 1. The molecule has 2 atom stereocenters. The number of fused-ring (bicyclic) bond motifs is 2.